The fourth-order valence-corrected chi connectivity index (χ4v) is 1.80. The summed E-state index contributed by atoms with van der Waals surface area (Å²) in [5.41, 5.74) is 1.39. The van der Waals surface area contributed by atoms with Gasteiger partial charge in [-0.2, -0.15) is 0 Å². The van der Waals surface area contributed by atoms with E-state index in [1.807, 2.05) is 24.3 Å². The first-order valence-corrected chi connectivity index (χ1v) is 6.30. The van der Waals surface area contributed by atoms with E-state index in [0.29, 0.717) is 5.56 Å². The molecule has 98 valence electrons. The summed E-state index contributed by atoms with van der Waals surface area (Å²) in [7, 11) is 0. The van der Waals surface area contributed by atoms with Crippen LogP contribution in [-0.2, 0) is 11.4 Å². The lowest BCUT2D eigenvalue weighted by Gasteiger charge is -2.01. The van der Waals surface area contributed by atoms with E-state index >= 15 is 0 Å². The average Bonchev–Trinajstić information content (AvgIpc) is 2.40. The normalized spacial score (nSPS) is 10.9. The maximum Gasteiger partial charge on any atom is 0.159 e. The maximum atomic E-state index is 12.9. The summed E-state index contributed by atoms with van der Waals surface area (Å²) < 4.78 is 26.5. The van der Waals surface area contributed by atoms with E-state index in [1.54, 1.807) is 6.21 Å². The fourth-order valence-electron chi connectivity index (χ4n) is 1.42. The zero-order chi connectivity index (χ0) is 13.7. The van der Waals surface area contributed by atoms with Crippen LogP contribution in [-0.4, -0.2) is 6.21 Å². The van der Waals surface area contributed by atoms with Crippen molar-refractivity contribution in [2.24, 2.45) is 5.16 Å². The fraction of sp³-hybridized carbons (Fsp3) is 0.0714. The van der Waals surface area contributed by atoms with Gasteiger partial charge in [0.1, 0.15) is 6.61 Å². The summed E-state index contributed by atoms with van der Waals surface area (Å²) in [4.78, 5) is 5.03. The van der Waals surface area contributed by atoms with Crippen LogP contribution in [0.5, 0.6) is 0 Å². The van der Waals surface area contributed by atoms with Crippen molar-refractivity contribution in [3.63, 3.8) is 0 Å². The highest BCUT2D eigenvalue weighted by molar-refractivity contribution is 9.10. The van der Waals surface area contributed by atoms with Crippen LogP contribution in [0.4, 0.5) is 8.78 Å². The van der Waals surface area contributed by atoms with Crippen molar-refractivity contribution < 1.29 is 13.6 Å². The van der Waals surface area contributed by atoms with E-state index in [0.717, 1.165) is 22.2 Å². The van der Waals surface area contributed by atoms with Crippen LogP contribution in [0.2, 0.25) is 0 Å². The predicted molar refractivity (Wildman–Crippen MR) is 72.9 cm³/mol. The van der Waals surface area contributed by atoms with Crippen molar-refractivity contribution in [2.75, 3.05) is 0 Å². The van der Waals surface area contributed by atoms with Crippen LogP contribution < -0.4 is 0 Å². The van der Waals surface area contributed by atoms with Gasteiger partial charge in [0.25, 0.3) is 0 Å². The Balaban J connectivity index is 1.93. The predicted octanol–water partition coefficient (Wildman–Crippen LogP) is 4.28. The first kappa shape index (κ1) is 13.7. The molecule has 2 nitrogen and oxygen atoms in total. The molecule has 0 spiro atoms. The van der Waals surface area contributed by atoms with Gasteiger partial charge in [-0.25, -0.2) is 8.78 Å². The highest BCUT2D eigenvalue weighted by Gasteiger charge is 2.02. The molecule has 0 aromatic heterocycles. The van der Waals surface area contributed by atoms with Crippen LogP contribution in [0.15, 0.2) is 52.1 Å². The third kappa shape index (κ3) is 3.86. The Morgan fingerprint density at radius 3 is 2.63 bits per heavy atom. The van der Waals surface area contributed by atoms with Crippen molar-refractivity contribution in [3.05, 3.63) is 69.7 Å². The second-order valence-electron chi connectivity index (χ2n) is 3.78. The summed E-state index contributed by atoms with van der Waals surface area (Å²) in [5.74, 6) is -1.77. The van der Waals surface area contributed by atoms with E-state index < -0.39 is 11.6 Å². The second-order valence-corrected chi connectivity index (χ2v) is 4.63. The summed E-state index contributed by atoms with van der Waals surface area (Å²) >= 11 is 3.37. The zero-order valence-corrected chi connectivity index (χ0v) is 11.4. The van der Waals surface area contributed by atoms with E-state index in [4.69, 9.17) is 4.84 Å². The molecule has 2 rings (SSSR count). The highest BCUT2D eigenvalue weighted by atomic mass is 79.9. The van der Waals surface area contributed by atoms with Gasteiger partial charge >= 0.3 is 0 Å². The molecule has 0 heterocycles. The van der Waals surface area contributed by atoms with Crippen LogP contribution in [0.3, 0.4) is 0 Å². The van der Waals surface area contributed by atoms with Gasteiger partial charge < -0.3 is 4.84 Å². The molecule has 2 aromatic carbocycles. The third-order valence-corrected chi connectivity index (χ3v) is 3.11. The maximum absolute atomic E-state index is 12.9. The number of oxime groups is 1. The Bertz CT molecular complexity index is 602. The topological polar surface area (TPSA) is 21.6 Å². The molecule has 0 saturated heterocycles. The third-order valence-electron chi connectivity index (χ3n) is 2.39. The molecule has 2 aromatic rings. The molecule has 0 unspecified atom stereocenters. The first-order valence-electron chi connectivity index (χ1n) is 5.50. The summed E-state index contributed by atoms with van der Waals surface area (Å²) in [6.07, 6.45) is 1.55. The average molecular weight is 326 g/mol. The number of rotatable bonds is 4. The minimum absolute atomic E-state index is 0.0815. The lowest BCUT2D eigenvalue weighted by atomic mass is 10.2. The minimum atomic E-state index is -0.893. The molecule has 0 amide bonds. The zero-order valence-electron chi connectivity index (χ0n) is 9.82. The SMILES string of the molecule is Fc1ccc(CON=Cc2ccccc2Br)cc1F. The highest BCUT2D eigenvalue weighted by Crippen LogP contribution is 2.14. The van der Waals surface area contributed by atoms with Gasteiger partial charge in [-0.15, -0.1) is 0 Å². The smallest absolute Gasteiger partial charge is 0.159 e. The van der Waals surface area contributed by atoms with E-state index in [-0.39, 0.29) is 6.61 Å². The Morgan fingerprint density at radius 1 is 1.11 bits per heavy atom. The van der Waals surface area contributed by atoms with Gasteiger partial charge in [-0.3, -0.25) is 0 Å². The van der Waals surface area contributed by atoms with Crippen molar-refractivity contribution in [3.8, 4) is 0 Å². The minimum Gasteiger partial charge on any atom is -0.391 e. The van der Waals surface area contributed by atoms with Gasteiger partial charge in [0, 0.05) is 10.0 Å². The lowest BCUT2D eigenvalue weighted by molar-refractivity contribution is 0.132. The van der Waals surface area contributed by atoms with Gasteiger partial charge in [0.15, 0.2) is 11.6 Å². The van der Waals surface area contributed by atoms with Crippen LogP contribution in [0.1, 0.15) is 11.1 Å². The monoisotopic (exact) mass is 325 g/mol. The molecule has 19 heavy (non-hydrogen) atoms. The Morgan fingerprint density at radius 2 is 1.89 bits per heavy atom. The number of hydrogen-bond donors (Lipinski definition) is 0. The molecule has 0 aliphatic rings. The quantitative estimate of drug-likeness (QED) is 0.607. The van der Waals surface area contributed by atoms with Gasteiger partial charge in [0.2, 0.25) is 0 Å². The van der Waals surface area contributed by atoms with Crippen molar-refractivity contribution in [1.29, 1.82) is 0 Å². The van der Waals surface area contributed by atoms with E-state index in [9.17, 15) is 8.78 Å². The Labute approximate surface area is 117 Å². The molecule has 0 aliphatic heterocycles. The standard InChI is InChI=1S/C14H10BrF2NO/c15-12-4-2-1-3-11(12)8-18-19-9-10-5-6-13(16)14(17)7-10/h1-8H,9H2. The van der Waals surface area contributed by atoms with Crippen LogP contribution >= 0.6 is 15.9 Å². The van der Waals surface area contributed by atoms with E-state index in [1.165, 1.54) is 6.07 Å². The molecule has 0 radical (unpaired) electrons. The number of benzene rings is 2. The molecule has 0 aliphatic carbocycles. The van der Waals surface area contributed by atoms with Gasteiger partial charge in [-0.05, 0) is 23.8 Å². The summed E-state index contributed by atoms with van der Waals surface area (Å²) in [6.45, 7) is 0.0815. The van der Waals surface area contributed by atoms with Crippen molar-refractivity contribution in [1.82, 2.24) is 0 Å². The van der Waals surface area contributed by atoms with Crippen LogP contribution in [0.25, 0.3) is 0 Å². The molecule has 0 atom stereocenters. The number of hydrogen-bond acceptors (Lipinski definition) is 2. The summed E-state index contributed by atoms with van der Waals surface area (Å²) in [6, 6.07) is 11.1. The van der Waals surface area contributed by atoms with E-state index in [2.05, 4.69) is 21.1 Å². The molecule has 0 saturated carbocycles. The van der Waals surface area contributed by atoms with Crippen LogP contribution in [0, 0.1) is 11.6 Å². The van der Waals surface area contributed by atoms with Crippen molar-refractivity contribution >= 4 is 22.1 Å². The number of nitrogens with zero attached hydrogens (tertiary/aromatic N) is 1. The molecule has 5 heteroatoms. The Hall–Kier alpha value is -1.75. The molecular formula is C14H10BrF2NO. The molecule has 0 bridgehead atoms. The molecular weight excluding hydrogens is 316 g/mol. The summed E-state index contributed by atoms with van der Waals surface area (Å²) in [5, 5.41) is 3.78. The largest absolute Gasteiger partial charge is 0.391 e. The lowest BCUT2D eigenvalue weighted by Crippen LogP contribution is -1.92. The van der Waals surface area contributed by atoms with Crippen molar-refractivity contribution in [2.45, 2.75) is 6.61 Å². The van der Waals surface area contributed by atoms with Gasteiger partial charge in [0.05, 0.1) is 6.21 Å². The van der Waals surface area contributed by atoms with Gasteiger partial charge in [-0.1, -0.05) is 45.4 Å². The molecule has 0 N–H and O–H groups in total. The Kier molecular flexibility index (Phi) is 4.63. The number of halogens is 3. The molecule has 0 fully saturated rings. The first-order chi connectivity index (χ1) is 9.16. The second kappa shape index (κ2) is 6.43.